The van der Waals surface area contributed by atoms with Gasteiger partial charge in [0.1, 0.15) is 0 Å². The van der Waals surface area contributed by atoms with E-state index in [9.17, 15) is 0 Å². The molecule has 0 spiro atoms. The van der Waals surface area contributed by atoms with Gasteiger partial charge in [0.25, 0.3) is 0 Å². The average Bonchev–Trinajstić information content (AvgIpc) is 1.38. The van der Waals surface area contributed by atoms with E-state index in [1.165, 1.54) is 0 Å². The van der Waals surface area contributed by atoms with Crippen molar-refractivity contribution in [3.8, 4) is 0 Å². The molecule has 0 aromatic carbocycles. The van der Waals surface area contributed by atoms with Crippen LogP contribution < -0.4 is 0 Å². The molecule has 6 heavy (non-hydrogen) atoms. The predicted octanol–water partition coefficient (Wildman–Crippen LogP) is 2.16. The van der Waals surface area contributed by atoms with Crippen molar-refractivity contribution in [2.24, 2.45) is 0 Å². The van der Waals surface area contributed by atoms with Crippen LogP contribution in [0.25, 0.3) is 0 Å². The molecule has 0 fully saturated rings. The van der Waals surface area contributed by atoms with Crippen molar-refractivity contribution >= 4 is 22.6 Å². The van der Waals surface area contributed by atoms with Crippen LogP contribution in [0.2, 0.25) is 0 Å². The molecule has 0 aliphatic carbocycles. The van der Waals surface area contributed by atoms with Crippen molar-refractivity contribution in [1.29, 1.82) is 0 Å². The summed E-state index contributed by atoms with van der Waals surface area (Å²) in [5.74, 6) is 0. The molecule has 0 aromatic rings. The molecular weight excluding hydrogens is 359 g/mol. The van der Waals surface area contributed by atoms with Crippen molar-refractivity contribution in [3.63, 3.8) is 0 Å². The zero-order chi connectivity index (χ0) is 4.28. The summed E-state index contributed by atoms with van der Waals surface area (Å²) in [5, 5.41) is 0. The topological polar surface area (TPSA) is 0 Å². The summed E-state index contributed by atoms with van der Waals surface area (Å²) in [6, 6.07) is 0. The third kappa shape index (κ3) is 8.94. The van der Waals surface area contributed by atoms with E-state index < -0.39 is 0 Å². The van der Waals surface area contributed by atoms with Gasteiger partial charge in [-0.25, -0.2) is 0 Å². The molecule has 36 valence electrons. The Bertz CT molecular complexity index is 42.8. The minimum absolute atomic E-state index is 0. The van der Waals surface area contributed by atoms with E-state index in [-0.39, 0.29) is 21.1 Å². The molecule has 0 rings (SSSR count). The van der Waals surface area contributed by atoms with Crippen molar-refractivity contribution in [2.75, 3.05) is 0 Å². The van der Waals surface area contributed by atoms with Crippen LogP contribution >= 0.6 is 22.6 Å². The first kappa shape index (κ1) is 10.2. The van der Waals surface area contributed by atoms with Gasteiger partial charge in [-0.05, 0) is 3.58 Å². The van der Waals surface area contributed by atoms with Gasteiger partial charge < -0.3 is 6.92 Å². The maximum absolute atomic E-state index is 3.60. The average molecular weight is 365 g/mol. The molecular formula is C4H6IW-. The first-order valence-corrected chi connectivity index (χ1v) is 2.47. The summed E-state index contributed by atoms with van der Waals surface area (Å²) >= 11 is 2.15. The van der Waals surface area contributed by atoms with Crippen LogP contribution in [-0.2, 0) is 21.1 Å². The van der Waals surface area contributed by atoms with E-state index in [0.717, 1.165) is 10.0 Å². The van der Waals surface area contributed by atoms with Crippen LogP contribution in [-0.4, -0.2) is 0 Å². The van der Waals surface area contributed by atoms with E-state index in [1.807, 2.05) is 0 Å². The van der Waals surface area contributed by atoms with Crippen molar-refractivity contribution in [3.05, 3.63) is 17.1 Å². The van der Waals surface area contributed by atoms with Gasteiger partial charge in [-0.3, -0.25) is 0 Å². The van der Waals surface area contributed by atoms with Crippen LogP contribution in [0.1, 0.15) is 6.42 Å². The van der Waals surface area contributed by atoms with E-state index in [0.29, 0.717) is 0 Å². The van der Waals surface area contributed by atoms with Gasteiger partial charge in [-0.2, -0.15) is 6.42 Å². The van der Waals surface area contributed by atoms with Crippen LogP contribution in [0.5, 0.6) is 0 Å². The van der Waals surface area contributed by atoms with Gasteiger partial charge in [0, 0.05) is 21.1 Å². The van der Waals surface area contributed by atoms with E-state index in [4.69, 9.17) is 0 Å². The van der Waals surface area contributed by atoms with Crippen molar-refractivity contribution in [1.82, 2.24) is 0 Å². The first-order chi connectivity index (χ1) is 2.27. The van der Waals surface area contributed by atoms with Gasteiger partial charge in [0.05, 0.1) is 0 Å². The maximum Gasteiger partial charge on any atom is 0 e. The Labute approximate surface area is 66.8 Å². The second-order valence-electron chi connectivity index (χ2n) is 0.767. The van der Waals surface area contributed by atoms with Crippen LogP contribution in [0, 0.1) is 6.92 Å². The minimum Gasteiger partial charge on any atom is -0.339 e. The van der Waals surface area contributed by atoms with Gasteiger partial charge in [-0.1, -0.05) is 29.2 Å². The van der Waals surface area contributed by atoms with Gasteiger partial charge in [0.15, 0.2) is 0 Å². The van der Waals surface area contributed by atoms with E-state index >= 15 is 0 Å². The van der Waals surface area contributed by atoms with Gasteiger partial charge >= 0.3 is 0 Å². The Hall–Kier alpha value is 1.16. The summed E-state index contributed by atoms with van der Waals surface area (Å²) in [7, 11) is 0. The fourth-order valence-corrected chi connectivity index (χ4v) is 0. The summed E-state index contributed by atoms with van der Waals surface area (Å²) in [5.41, 5.74) is 0. The van der Waals surface area contributed by atoms with Crippen molar-refractivity contribution in [2.45, 2.75) is 6.42 Å². The SMILES string of the molecule is C=C(I)C[CH2-].[W]. The van der Waals surface area contributed by atoms with Crippen LogP contribution in [0.3, 0.4) is 0 Å². The second-order valence-corrected chi connectivity index (χ2v) is 2.29. The van der Waals surface area contributed by atoms with Crippen LogP contribution in [0.4, 0.5) is 0 Å². The molecule has 0 aromatic heterocycles. The predicted molar refractivity (Wildman–Crippen MR) is 33.1 cm³/mol. The zero-order valence-corrected chi connectivity index (χ0v) is 8.50. The minimum atomic E-state index is 0. The Balaban J connectivity index is 0. The molecule has 0 radical (unpaired) electrons. The summed E-state index contributed by atoms with van der Waals surface area (Å²) in [6.07, 6.45) is 0.848. The molecule has 0 atom stereocenters. The standard InChI is InChI=1S/C4H6I.W/c1-3-4(2)5;/h1-3H2;/q-1;. The Kier molecular flexibility index (Phi) is 10.5. The molecule has 0 N–H and O–H groups in total. The third-order valence-corrected chi connectivity index (χ3v) is 0.811. The van der Waals surface area contributed by atoms with Gasteiger partial charge in [0.2, 0.25) is 0 Å². The second kappa shape index (κ2) is 6.16. The molecule has 0 heterocycles. The number of allylic oxidation sites excluding steroid dienone is 1. The maximum atomic E-state index is 3.60. The Morgan fingerprint density at radius 2 is 2.00 bits per heavy atom. The number of rotatable bonds is 1. The molecule has 2 heteroatoms. The summed E-state index contributed by atoms with van der Waals surface area (Å²) < 4.78 is 1.11. The Morgan fingerprint density at radius 1 is 1.83 bits per heavy atom. The molecule has 0 saturated carbocycles. The molecule has 0 aliphatic rings. The third-order valence-electron chi connectivity index (χ3n) is 0.271. The number of hydrogen-bond acceptors (Lipinski definition) is 0. The molecule has 0 unspecified atom stereocenters. The van der Waals surface area contributed by atoms with Gasteiger partial charge in [-0.15, -0.1) is 0 Å². The van der Waals surface area contributed by atoms with E-state index in [2.05, 4.69) is 36.1 Å². The molecule has 0 nitrogen and oxygen atoms in total. The summed E-state index contributed by atoms with van der Waals surface area (Å²) in [6.45, 7) is 7.18. The first-order valence-electron chi connectivity index (χ1n) is 1.40. The van der Waals surface area contributed by atoms with E-state index in [1.54, 1.807) is 0 Å². The fourth-order valence-electron chi connectivity index (χ4n) is 0. The normalized spacial score (nSPS) is 6.33. The fraction of sp³-hybridized carbons (Fsp3) is 0.250. The molecule has 0 saturated heterocycles. The smallest absolute Gasteiger partial charge is 0 e. The summed E-state index contributed by atoms with van der Waals surface area (Å²) in [4.78, 5) is 0. The number of halogens is 1. The molecule has 0 amide bonds. The zero-order valence-electron chi connectivity index (χ0n) is 3.41. The Morgan fingerprint density at radius 3 is 2.00 bits per heavy atom. The quantitative estimate of drug-likeness (QED) is 0.494. The largest absolute Gasteiger partial charge is 0.339 e. The monoisotopic (exact) mass is 365 g/mol. The van der Waals surface area contributed by atoms with Crippen LogP contribution in [0.15, 0.2) is 10.2 Å². The van der Waals surface area contributed by atoms with Crippen molar-refractivity contribution < 1.29 is 21.1 Å². The number of hydrogen-bond donors (Lipinski definition) is 0. The molecule has 0 bridgehead atoms. The molecule has 0 aliphatic heterocycles.